The van der Waals surface area contributed by atoms with E-state index in [-0.39, 0.29) is 5.82 Å². The van der Waals surface area contributed by atoms with Gasteiger partial charge in [-0.25, -0.2) is 9.37 Å². The zero-order chi connectivity index (χ0) is 19.0. The molecule has 3 aromatic rings. The van der Waals surface area contributed by atoms with Crippen LogP contribution in [-0.4, -0.2) is 40.4 Å². The highest BCUT2D eigenvalue weighted by Gasteiger charge is 2.35. The molecule has 0 saturated carbocycles. The van der Waals surface area contributed by atoms with Gasteiger partial charge in [0.1, 0.15) is 17.4 Å². The molecule has 0 aliphatic carbocycles. The van der Waals surface area contributed by atoms with Crippen LogP contribution in [-0.2, 0) is 0 Å². The second-order valence-electron chi connectivity index (χ2n) is 7.40. The normalized spacial score (nSPS) is 15.3. The van der Waals surface area contributed by atoms with Gasteiger partial charge in [-0.1, -0.05) is 13.8 Å². The van der Waals surface area contributed by atoms with E-state index in [0.717, 1.165) is 13.1 Å². The van der Waals surface area contributed by atoms with Crippen LogP contribution in [0.4, 0.5) is 22.0 Å². The minimum absolute atomic E-state index is 0.298. The summed E-state index contributed by atoms with van der Waals surface area (Å²) in [5, 5.41) is 10.2. The van der Waals surface area contributed by atoms with Crippen LogP contribution in [0.5, 0.6) is 5.75 Å². The summed E-state index contributed by atoms with van der Waals surface area (Å²) in [6.45, 7) is 6.30. The van der Waals surface area contributed by atoms with E-state index >= 15 is 0 Å². The van der Waals surface area contributed by atoms with Crippen LogP contribution in [0, 0.1) is 11.2 Å². The summed E-state index contributed by atoms with van der Waals surface area (Å²) in [7, 11) is 1.50. The molecule has 0 bridgehead atoms. The Morgan fingerprint density at radius 2 is 2.00 bits per heavy atom. The Morgan fingerprint density at radius 1 is 1.19 bits per heavy atom. The Bertz CT molecular complexity index is 962. The maximum absolute atomic E-state index is 14.2. The first kappa shape index (κ1) is 17.3. The molecule has 1 aliphatic rings. The number of hydrogen-bond acceptors (Lipinski definition) is 6. The van der Waals surface area contributed by atoms with Gasteiger partial charge >= 0.3 is 0 Å². The summed E-state index contributed by atoms with van der Waals surface area (Å²) >= 11 is 0. The molecule has 0 spiro atoms. The lowest BCUT2D eigenvalue weighted by molar-refractivity contribution is 0.272. The van der Waals surface area contributed by atoms with Crippen molar-refractivity contribution in [3.63, 3.8) is 0 Å². The van der Waals surface area contributed by atoms with Crippen LogP contribution in [0.3, 0.4) is 0 Å². The zero-order valence-corrected chi connectivity index (χ0v) is 15.5. The molecule has 2 N–H and O–H groups in total. The number of nitrogens with zero attached hydrogens (tertiary/aromatic N) is 4. The van der Waals surface area contributed by atoms with E-state index in [1.807, 2.05) is 0 Å². The second-order valence-corrected chi connectivity index (χ2v) is 7.40. The predicted molar refractivity (Wildman–Crippen MR) is 102 cm³/mol. The van der Waals surface area contributed by atoms with Crippen molar-refractivity contribution >= 4 is 17.6 Å². The third-order valence-electron chi connectivity index (χ3n) is 4.46. The summed E-state index contributed by atoms with van der Waals surface area (Å²) in [6.07, 6.45) is 1.71. The first-order valence-corrected chi connectivity index (χ1v) is 8.68. The molecule has 27 heavy (non-hydrogen) atoms. The highest BCUT2D eigenvalue weighted by Crippen LogP contribution is 2.32. The lowest BCUT2D eigenvalue weighted by atomic mass is 9.85. The number of H-pyrrole nitrogens is 1. The highest BCUT2D eigenvalue weighted by molar-refractivity contribution is 5.66. The van der Waals surface area contributed by atoms with Crippen molar-refractivity contribution < 1.29 is 9.13 Å². The number of aromatic amines is 1. The highest BCUT2D eigenvalue weighted by atomic mass is 19.1. The average Bonchev–Trinajstić information content (AvgIpc) is 3.07. The van der Waals surface area contributed by atoms with Gasteiger partial charge in [0.2, 0.25) is 5.95 Å². The lowest BCUT2D eigenvalue weighted by Gasteiger charge is -2.45. The number of anilines is 3. The quantitative estimate of drug-likeness (QED) is 0.716. The van der Waals surface area contributed by atoms with Gasteiger partial charge in [-0.05, 0) is 23.6 Å². The Balaban J connectivity index is 1.50. The van der Waals surface area contributed by atoms with Crippen LogP contribution in [0.1, 0.15) is 13.8 Å². The van der Waals surface area contributed by atoms with E-state index in [2.05, 4.69) is 44.2 Å². The van der Waals surface area contributed by atoms with Gasteiger partial charge in [0.05, 0.1) is 12.8 Å². The smallest absolute Gasteiger partial charge is 0.227 e. The number of halogens is 1. The third kappa shape index (κ3) is 3.55. The molecule has 1 aliphatic heterocycles. The van der Waals surface area contributed by atoms with E-state index < -0.39 is 0 Å². The van der Waals surface area contributed by atoms with E-state index in [0.29, 0.717) is 40.0 Å². The van der Waals surface area contributed by atoms with Crippen molar-refractivity contribution in [1.82, 2.24) is 20.2 Å². The van der Waals surface area contributed by atoms with Crippen LogP contribution in [0.25, 0.3) is 11.3 Å². The summed E-state index contributed by atoms with van der Waals surface area (Å²) < 4.78 is 19.3. The Kier molecular flexibility index (Phi) is 4.18. The monoisotopic (exact) mass is 368 g/mol. The fraction of sp³-hybridized carbons (Fsp3) is 0.316. The number of hydrogen-bond donors (Lipinski definition) is 2. The lowest BCUT2D eigenvalue weighted by Crippen LogP contribution is -2.53. The standard InChI is InChI=1S/C19H21FN6O/c1-19(2)10-26(11-19)18-21-7-6-16(23-18)22-17-9-15(24-25-17)13-5-4-12(27-3)8-14(13)20/h4-9H,10-11H2,1-3H3,(H2,21,22,23,24,25). The Labute approximate surface area is 156 Å². The minimum atomic E-state index is -0.380. The number of methoxy groups -OCH3 is 1. The summed E-state index contributed by atoms with van der Waals surface area (Å²) in [5.41, 5.74) is 1.28. The van der Waals surface area contributed by atoms with E-state index in [1.54, 1.807) is 30.5 Å². The maximum Gasteiger partial charge on any atom is 0.227 e. The van der Waals surface area contributed by atoms with Gasteiger partial charge < -0.3 is 15.0 Å². The van der Waals surface area contributed by atoms with E-state index in [1.165, 1.54) is 13.2 Å². The molecule has 1 fully saturated rings. The Hall–Kier alpha value is -3.16. The summed E-state index contributed by atoms with van der Waals surface area (Å²) in [4.78, 5) is 11.0. The third-order valence-corrected chi connectivity index (χ3v) is 4.46. The number of aromatic nitrogens is 4. The van der Waals surface area contributed by atoms with Crippen molar-refractivity contribution in [2.24, 2.45) is 5.41 Å². The topological polar surface area (TPSA) is 79.0 Å². The molecule has 8 heteroatoms. The van der Waals surface area contributed by atoms with Crippen molar-refractivity contribution in [2.75, 3.05) is 30.4 Å². The maximum atomic E-state index is 14.2. The van der Waals surface area contributed by atoms with Crippen LogP contribution < -0.4 is 15.0 Å². The number of rotatable bonds is 5. The zero-order valence-electron chi connectivity index (χ0n) is 15.5. The molecule has 1 saturated heterocycles. The van der Waals surface area contributed by atoms with E-state index in [9.17, 15) is 4.39 Å². The number of benzene rings is 1. The second kappa shape index (κ2) is 6.53. The number of ether oxygens (including phenoxy) is 1. The van der Waals surface area contributed by atoms with Gasteiger partial charge in [-0.2, -0.15) is 10.1 Å². The molecule has 4 rings (SSSR count). The van der Waals surface area contributed by atoms with Crippen molar-refractivity contribution in [3.8, 4) is 17.0 Å². The number of nitrogens with one attached hydrogen (secondary N) is 2. The molecule has 1 aromatic carbocycles. The van der Waals surface area contributed by atoms with Crippen LogP contribution in [0.2, 0.25) is 0 Å². The molecule has 3 heterocycles. The molecule has 2 aromatic heterocycles. The van der Waals surface area contributed by atoms with Gasteiger partial charge in [0, 0.05) is 37.0 Å². The fourth-order valence-electron chi connectivity index (χ4n) is 3.20. The Morgan fingerprint density at radius 3 is 2.70 bits per heavy atom. The first-order valence-electron chi connectivity index (χ1n) is 8.68. The van der Waals surface area contributed by atoms with E-state index in [4.69, 9.17) is 4.74 Å². The van der Waals surface area contributed by atoms with Gasteiger partial charge in [0.15, 0.2) is 5.82 Å². The SMILES string of the molecule is COc1ccc(-c2cc(Nc3ccnc(N4CC(C)(C)C4)n3)n[nH]2)c(F)c1. The van der Waals surface area contributed by atoms with Gasteiger partial charge in [-0.15, -0.1) is 0 Å². The molecule has 0 amide bonds. The molecular formula is C19H21FN6O. The molecule has 140 valence electrons. The van der Waals surface area contributed by atoms with Gasteiger partial charge in [-0.3, -0.25) is 5.10 Å². The fourth-order valence-corrected chi connectivity index (χ4v) is 3.20. The average molecular weight is 368 g/mol. The molecule has 0 radical (unpaired) electrons. The summed E-state index contributed by atoms with van der Waals surface area (Å²) in [5.74, 6) is 1.97. The predicted octanol–water partition coefficient (Wildman–Crippen LogP) is 3.60. The van der Waals surface area contributed by atoms with Crippen molar-refractivity contribution in [2.45, 2.75) is 13.8 Å². The molecule has 7 nitrogen and oxygen atoms in total. The summed E-state index contributed by atoms with van der Waals surface area (Å²) in [6, 6.07) is 8.21. The van der Waals surface area contributed by atoms with Gasteiger partial charge in [0.25, 0.3) is 0 Å². The van der Waals surface area contributed by atoms with Crippen LogP contribution >= 0.6 is 0 Å². The largest absolute Gasteiger partial charge is 0.497 e. The van der Waals surface area contributed by atoms with Crippen molar-refractivity contribution in [3.05, 3.63) is 42.3 Å². The van der Waals surface area contributed by atoms with Crippen molar-refractivity contribution in [1.29, 1.82) is 0 Å². The van der Waals surface area contributed by atoms with Crippen LogP contribution in [0.15, 0.2) is 36.5 Å². The first-order chi connectivity index (χ1) is 12.9. The molecule has 0 atom stereocenters. The molecular weight excluding hydrogens is 347 g/mol. The minimum Gasteiger partial charge on any atom is -0.497 e. The molecule has 0 unspecified atom stereocenters.